The molecule has 0 aromatic carbocycles. The predicted molar refractivity (Wildman–Crippen MR) is 80.6 cm³/mol. The summed E-state index contributed by atoms with van der Waals surface area (Å²) in [5.41, 5.74) is 1.17. The van der Waals surface area contributed by atoms with Crippen molar-refractivity contribution in [3.63, 3.8) is 0 Å². The van der Waals surface area contributed by atoms with Crippen LogP contribution in [0.25, 0.3) is 17.0 Å². The molecule has 0 fully saturated rings. The van der Waals surface area contributed by atoms with E-state index < -0.39 is 17.5 Å². The molecule has 0 spiro atoms. The van der Waals surface area contributed by atoms with Gasteiger partial charge in [0.05, 0.1) is 28.9 Å². The first-order chi connectivity index (χ1) is 9.79. The van der Waals surface area contributed by atoms with E-state index in [1.165, 1.54) is 0 Å². The molecular formula is C16H18N2O3. The van der Waals surface area contributed by atoms with Gasteiger partial charge in [0.2, 0.25) is 0 Å². The fraction of sp³-hybridized carbons (Fsp3) is 0.312. The van der Waals surface area contributed by atoms with Gasteiger partial charge in [-0.2, -0.15) is 0 Å². The Hall–Kier alpha value is -2.27. The summed E-state index contributed by atoms with van der Waals surface area (Å²) in [5, 5.41) is 19.5. The van der Waals surface area contributed by atoms with Gasteiger partial charge >= 0.3 is 5.97 Å². The van der Waals surface area contributed by atoms with Gasteiger partial charge in [-0.15, -0.1) is 0 Å². The number of pyridine rings is 2. The van der Waals surface area contributed by atoms with Crippen LogP contribution in [0, 0.1) is 5.41 Å². The van der Waals surface area contributed by atoms with Crippen LogP contribution >= 0.6 is 0 Å². The van der Waals surface area contributed by atoms with Crippen LogP contribution in [-0.4, -0.2) is 26.2 Å². The van der Waals surface area contributed by atoms with Crippen LogP contribution < -0.4 is 0 Å². The summed E-state index contributed by atoms with van der Waals surface area (Å²) >= 11 is 0. The van der Waals surface area contributed by atoms with Gasteiger partial charge in [-0.05, 0) is 44.5 Å². The minimum atomic E-state index is -0.948. The number of carbonyl (C=O) groups is 1. The van der Waals surface area contributed by atoms with E-state index in [4.69, 9.17) is 5.11 Å². The topological polar surface area (TPSA) is 83.3 Å². The third kappa shape index (κ3) is 3.44. The number of carboxylic acid groups (broad SMARTS) is 1. The second-order valence-corrected chi connectivity index (χ2v) is 5.61. The van der Waals surface area contributed by atoms with Crippen molar-refractivity contribution in [3.8, 4) is 0 Å². The van der Waals surface area contributed by atoms with Gasteiger partial charge in [-0.1, -0.05) is 6.08 Å². The molecule has 2 aromatic rings. The minimum Gasteiger partial charge on any atom is -0.481 e. The van der Waals surface area contributed by atoms with Crippen molar-refractivity contribution in [2.75, 3.05) is 0 Å². The number of carboxylic acids is 1. The lowest BCUT2D eigenvalue weighted by Crippen LogP contribution is -2.20. The third-order valence-electron chi connectivity index (χ3n) is 3.31. The molecule has 2 aromatic heterocycles. The van der Waals surface area contributed by atoms with Crippen molar-refractivity contribution in [3.05, 3.63) is 41.9 Å². The van der Waals surface area contributed by atoms with Gasteiger partial charge in [0.25, 0.3) is 0 Å². The van der Waals surface area contributed by atoms with E-state index in [1.807, 2.05) is 12.1 Å². The second kappa shape index (κ2) is 5.61. The SMILES string of the molecule is CC(O)c1cnc2cnc(C=CC(C)(C)C(=O)O)cc2c1. The van der Waals surface area contributed by atoms with Crippen molar-refractivity contribution < 1.29 is 15.0 Å². The van der Waals surface area contributed by atoms with Gasteiger partial charge in [-0.25, -0.2) is 0 Å². The zero-order chi connectivity index (χ0) is 15.6. The maximum Gasteiger partial charge on any atom is 0.312 e. The molecule has 0 bridgehead atoms. The molecule has 1 unspecified atom stereocenters. The van der Waals surface area contributed by atoms with E-state index in [2.05, 4.69) is 9.97 Å². The number of hydrogen-bond donors (Lipinski definition) is 2. The lowest BCUT2D eigenvalue weighted by molar-refractivity contribution is -0.144. The number of aromatic nitrogens is 2. The number of aliphatic hydroxyl groups excluding tert-OH is 1. The van der Waals surface area contributed by atoms with Crippen LogP contribution in [0.3, 0.4) is 0 Å². The normalized spacial score (nSPS) is 13.7. The molecule has 0 aliphatic carbocycles. The quantitative estimate of drug-likeness (QED) is 0.903. The lowest BCUT2D eigenvalue weighted by Gasteiger charge is -2.12. The Morgan fingerprint density at radius 1 is 1.29 bits per heavy atom. The van der Waals surface area contributed by atoms with Crippen molar-refractivity contribution in [1.29, 1.82) is 0 Å². The van der Waals surface area contributed by atoms with Crippen molar-refractivity contribution in [2.24, 2.45) is 5.41 Å². The molecule has 0 saturated carbocycles. The van der Waals surface area contributed by atoms with E-state index >= 15 is 0 Å². The molecule has 2 rings (SSSR count). The summed E-state index contributed by atoms with van der Waals surface area (Å²) in [6.07, 6.45) is 5.96. The summed E-state index contributed by atoms with van der Waals surface area (Å²) in [5.74, 6) is -0.891. The molecule has 0 radical (unpaired) electrons. The molecule has 2 N–H and O–H groups in total. The Morgan fingerprint density at radius 2 is 2.00 bits per heavy atom. The highest BCUT2D eigenvalue weighted by Crippen LogP contribution is 2.21. The minimum absolute atomic E-state index is 0.583. The highest BCUT2D eigenvalue weighted by Gasteiger charge is 2.23. The molecule has 1 atom stereocenters. The first kappa shape index (κ1) is 15.1. The molecule has 110 valence electrons. The van der Waals surface area contributed by atoms with Crippen LogP contribution in [0.15, 0.2) is 30.6 Å². The van der Waals surface area contributed by atoms with Gasteiger partial charge in [0, 0.05) is 11.6 Å². The Morgan fingerprint density at radius 3 is 2.62 bits per heavy atom. The van der Waals surface area contributed by atoms with Crippen LogP contribution in [-0.2, 0) is 4.79 Å². The van der Waals surface area contributed by atoms with Gasteiger partial charge in [-0.3, -0.25) is 14.8 Å². The van der Waals surface area contributed by atoms with E-state index in [0.29, 0.717) is 5.69 Å². The maximum absolute atomic E-state index is 11.1. The summed E-state index contributed by atoms with van der Waals surface area (Å²) in [6, 6.07) is 3.68. The van der Waals surface area contributed by atoms with Crippen molar-refractivity contribution in [1.82, 2.24) is 9.97 Å². The number of aliphatic hydroxyl groups is 1. The lowest BCUT2D eigenvalue weighted by atomic mass is 9.93. The number of fused-ring (bicyclic) bond motifs is 1. The Bertz CT molecular complexity index is 706. The zero-order valence-corrected chi connectivity index (χ0v) is 12.2. The number of hydrogen-bond acceptors (Lipinski definition) is 4. The summed E-state index contributed by atoms with van der Waals surface area (Å²) in [7, 11) is 0. The summed E-state index contributed by atoms with van der Waals surface area (Å²) < 4.78 is 0. The molecular weight excluding hydrogens is 268 g/mol. The summed E-state index contributed by atoms with van der Waals surface area (Å²) in [4.78, 5) is 19.5. The van der Waals surface area contributed by atoms with Crippen LogP contribution in [0.4, 0.5) is 0 Å². The van der Waals surface area contributed by atoms with Crippen LogP contribution in [0.1, 0.15) is 38.1 Å². The molecule has 0 amide bonds. The monoisotopic (exact) mass is 286 g/mol. The smallest absolute Gasteiger partial charge is 0.312 e. The average Bonchev–Trinajstić information content (AvgIpc) is 2.44. The Labute approximate surface area is 123 Å². The maximum atomic E-state index is 11.1. The second-order valence-electron chi connectivity index (χ2n) is 5.61. The first-order valence-corrected chi connectivity index (χ1v) is 6.66. The van der Waals surface area contributed by atoms with Gasteiger partial charge in [0.15, 0.2) is 0 Å². The van der Waals surface area contributed by atoms with Crippen molar-refractivity contribution in [2.45, 2.75) is 26.9 Å². The fourth-order valence-corrected chi connectivity index (χ4v) is 1.75. The molecule has 21 heavy (non-hydrogen) atoms. The van der Waals surface area contributed by atoms with Crippen molar-refractivity contribution >= 4 is 22.9 Å². The average molecular weight is 286 g/mol. The standard InChI is InChI=1S/C16H18N2O3/c1-10(19)12-6-11-7-13(17-9-14(11)18-8-12)4-5-16(2,3)15(20)21/h4-10,19H,1-3H3,(H,20,21). The number of rotatable bonds is 4. The third-order valence-corrected chi connectivity index (χ3v) is 3.31. The number of aliphatic carboxylic acids is 1. The molecule has 0 saturated heterocycles. The van der Waals surface area contributed by atoms with E-state index in [-0.39, 0.29) is 0 Å². The van der Waals surface area contributed by atoms with Crippen LogP contribution in [0.2, 0.25) is 0 Å². The Kier molecular flexibility index (Phi) is 4.04. The van der Waals surface area contributed by atoms with Gasteiger partial charge in [0.1, 0.15) is 0 Å². The molecule has 5 heteroatoms. The summed E-state index contributed by atoms with van der Waals surface area (Å²) in [6.45, 7) is 4.93. The molecule has 2 heterocycles. The zero-order valence-electron chi connectivity index (χ0n) is 12.2. The van der Waals surface area contributed by atoms with E-state index in [9.17, 15) is 9.90 Å². The van der Waals surface area contributed by atoms with Crippen LogP contribution in [0.5, 0.6) is 0 Å². The Balaban J connectivity index is 2.38. The molecule has 0 aliphatic rings. The largest absolute Gasteiger partial charge is 0.481 e. The fourth-order valence-electron chi connectivity index (χ4n) is 1.75. The predicted octanol–water partition coefficient (Wildman–Crippen LogP) is 2.81. The molecule has 0 aliphatic heterocycles. The number of nitrogens with zero attached hydrogens (tertiary/aromatic N) is 2. The van der Waals surface area contributed by atoms with E-state index in [0.717, 1.165) is 16.5 Å². The molecule has 5 nitrogen and oxygen atoms in total. The van der Waals surface area contributed by atoms with E-state index in [1.54, 1.807) is 45.3 Å². The highest BCUT2D eigenvalue weighted by molar-refractivity contribution is 5.81. The van der Waals surface area contributed by atoms with Gasteiger partial charge < -0.3 is 10.2 Å². The highest BCUT2D eigenvalue weighted by atomic mass is 16.4. The first-order valence-electron chi connectivity index (χ1n) is 6.66.